The number of fused-ring (bicyclic) bond motifs is 1. The minimum atomic E-state index is -0.907. The number of piperidine rings is 1. The lowest BCUT2D eigenvalue weighted by atomic mass is 10.1. The molecule has 2 aromatic carbocycles. The molecule has 1 unspecified atom stereocenters. The quantitative estimate of drug-likeness (QED) is 0.260. The molecule has 1 saturated heterocycles. The topological polar surface area (TPSA) is 127 Å². The fourth-order valence-electron chi connectivity index (χ4n) is 4.51. The van der Waals surface area contributed by atoms with E-state index in [1.807, 2.05) is 59.2 Å². The van der Waals surface area contributed by atoms with Crippen molar-refractivity contribution >= 4 is 34.7 Å². The number of nitrogens with zero attached hydrogens (tertiary/aromatic N) is 5. The Labute approximate surface area is 220 Å². The fraction of sp³-hybridized carbons (Fsp3) is 0.333. The minimum absolute atomic E-state index is 0.0573. The van der Waals surface area contributed by atoms with Crippen LogP contribution in [0.1, 0.15) is 24.4 Å². The normalized spacial score (nSPS) is 15.4. The highest BCUT2D eigenvalue weighted by Gasteiger charge is 2.26. The highest BCUT2D eigenvalue weighted by atomic mass is 16.5. The molecular weight excluding hydrogens is 486 g/mol. The number of hydrogen-bond acceptors (Lipinski definition) is 8. The molecule has 5 rings (SSSR count). The molecule has 1 aliphatic rings. The van der Waals surface area contributed by atoms with Crippen molar-refractivity contribution in [2.75, 3.05) is 44.0 Å². The van der Waals surface area contributed by atoms with Gasteiger partial charge in [-0.2, -0.15) is 9.97 Å². The zero-order chi connectivity index (χ0) is 26.3. The van der Waals surface area contributed by atoms with Crippen molar-refractivity contribution in [1.82, 2.24) is 24.4 Å². The van der Waals surface area contributed by atoms with Gasteiger partial charge < -0.3 is 34.7 Å². The Morgan fingerprint density at radius 1 is 1.11 bits per heavy atom. The van der Waals surface area contributed by atoms with Crippen LogP contribution in [0.3, 0.4) is 0 Å². The smallest absolute Gasteiger partial charge is 0.407 e. The molecule has 0 aliphatic carbocycles. The number of carboxylic acid groups (broad SMARTS) is 1. The summed E-state index contributed by atoms with van der Waals surface area (Å²) in [6.45, 7) is 2.50. The summed E-state index contributed by atoms with van der Waals surface area (Å²) in [5.41, 5.74) is 3.20. The molecule has 4 aromatic rings. The number of benzene rings is 2. The Bertz CT molecular complexity index is 1360. The predicted octanol–water partition coefficient (Wildman–Crippen LogP) is 4.52. The van der Waals surface area contributed by atoms with E-state index in [4.69, 9.17) is 19.4 Å². The maximum absolute atomic E-state index is 11.6. The molecule has 11 nitrogen and oxygen atoms in total. The highest BCUT2D eigenvalue weighted by molar-refractivity contribution is 5.85. The van der Waals surface area contributed by atoms with E-state index >= 15 is 0 Å². The molecular formula is C27H31N7O4. The van der Waals surface area contributed by atoms with Gasteiger partial charge in [0.2, 0.25) is 5.95 Å². The number of anilines is 3. The van der Waals surface area contributed by atoms with Crippen LogP contribution in [0.15, 0.2) is 60.9 Å². The van der Waals surface area contributed by atoms with Crippen LogP contribution in [0.5, 0.6) is 5.75 Å². The van der Waals surface area contributed by atoms with Gasteiger partial charge in [0.1, 0.15) is 12.4 Å². The van der Waals surface area contributed by atoms with E-state index in [0.29, 0.717) is 55.8 Å². The second-order valence-electron chi connectivity index (χ2n) is 9.07. The third kappa shape index (κ3) is 5.94. The van der Waals surface area contributed by atoms with Crippen LogP contribution in [0.4, 0.5) is 22.2 Å². The molecule has 3 N–H and O–H groups in total. The monoisotopic (exact) mass is 517 g/mol. The Morgan fingerprint density at radius 3 is 2.68 bits per heavy atom. The van der Waals surface area contributed by atoms with Gasteiger partial charge >= 0.3 is 6.09 Å². The summed E-state index contributed by atoms with van der Waals surface area (Å²) < 4.78 is 12.6. The molecule has 1 atom stereocenters. The third-order valence-corrected chi connectivity index (χ3v) is 6.45. The van der Waals surface area contributed by atoms with Gasteiger partial charge in [-0.1, -0.05) is 30.3 Å². The fourth-order valence-corrected chi connectivity index (χ4v) is 4.51. The molecule has 198 valence electrons. The first-order valence-corrected chi connectivity index (χ1v) is 12.6. The summed E-state index contributed by atoms with van der Waals surface area (Å²) in [5, 5.41) is 16.2. The second-order valence-corrected chi connectivity index (χ2v) is 9.07. The van der Waals surface area contributed by atoms with Crippen molar-refractivity contribution in [2.24, 2.45) is 0 Å². The van der Waals surface area contributed by atoms with Gasteiger partial charge in [0, 0.05) is 32.4 Å². The molecule has 1 aliphatic heterocycles. The molecule has 38 heavy (non-hydrogen) atoms. The number of nitrogens with one attached hydrogen (secondary N) is 2. The first-order chi connectivity index (χ1) is 18.6. The number of ether oxygens (including phenoxy) is 2. The van der Waals surface area contributed by atoms with E-state index in [1.165, 1.54) is 4.90 Å². The van der Waals surface area contributed by atoms with Crippen LogP contribution < -0.4 is 15.4 Å². The molecule has 2 aromatic heterocycles. The Morgan fingerprint density at radius 2 is 1.92 bits per heavy atom. The van der Waals surface area contributed by atoms with Crippen molar-refractivity contribution in [3.8, 4) is 5.75 Å². The molecule has 0 saturated carbocycles. The SMILES string of the molecule is COCCOc1ccc(Nc2nc(NCc3ccccc3)c3ncn(C4CCCN(C(=O)O)C4)c3n2)cc1. The van der Waals surface area contributed by atoms with Crippen molar-refractivity contribution < 1.29 is 19.4 Å². The molecule has 11 heteroatoms. The van der Waals surface area contributed by atoms with E-state index in [9.17, 15) is 9.90 Å². The van der Waals surface area contributed by atoms with Crippen molar-refractivity contribution in [1.29, 1.82) is 0 Å². The Kier molecular flexibility index (Phi) is 7.84. The van der Waals surface area contributed by atoms with Gasteiger partial charge in [0.15, 0.2) is 17.0 Å². The van der Waals surface area contributed by atoms with E-state index in [0.717, 1.165) is 29.8 Å². The second kappa shape index (κ2) is 11.8. The lowest BCUT2D eigenvalue weighted by molar-refractivity contribution is 0.122. The van der Waals surface area contributed by atoms with Gasteiger partial charge in [0.05, 0.1) is 19.0 Å². The van der Waals surface area contributed by atoms with Gasteiger partial charge in [-0.15, -0.1) is 0 Å². The molecule has 0 spiro atoms. The van der Waals surface area contributed by atoms with E-state index in [1.54, 1.807) is 13.4 Å². The third-order valence-electron chi connectivity index (χ3n) is 6.45. The lowest BCUT2D eigenvalue weighted by Crippen LogP contribution is -2.39. The average Bonchev–Trinajstić information content (AvgIpc) is 3.38. The lowest BCUT2D eigenvalue weighted by Gasteiger charge is -2.31. The summed E-state index contributed by atoms with van der Waals surface area (Å²) >= 11 is 0. The molecule has 3 heterocycles. The van der Waals surface area contributed by atoms with Crippen LogP contribution >= 0.6 is 0 Å². The number of amides is 1. The van der Waals surface area contributed by atoms with Gasteiger partial charge in [-0.05, 0) is 42.7 Å². The number of hydrogen-bond donors (Lipinski definition) is 3. The van der Waals surface area contributed by atoms with Crippen LogP contribution in [0, 0.1) is 0 Å². The van der Waals surface area contributed by atoms with Crippen LogP contribution in [-0.4, -0.2) is 69.0 Å². The van der Waals surface area contributed by atoms with Crippen LogP contribution in [0.25, 0.3) is 11.2 Å². The maximum Gasteiger partial charge on any atom is 0.407 e. The molecule has 0 bridgehead atoms. The molecule has 1 fully saturated rings. The number of methoxy groups -OCH3 is 1. The number of rotatable bonds is 10. The molecule has 1 amide bonds. The summed E-state index contributed by atoms with van der Waals surface area (Å²) in [6.07, 6.45) is 2.46. The van der Waals surface area contributed by atoms with Crippen LogP contribution in [-0.2, 0) is 11.3 Å². The van der Waals surface area contributed by atoms with Crippen molar-refractivity contribution in [3.05, 3.63) is 66.5 Å². The minimum Gasteiger partial charge on any atom is -0.491 e. The summed E-state index contributed by atoms with van der Waals surface area (Å²) in [5.74, 6) is 1.76. The van der Waals surface area contributed by atoms with Crippen molar-refractivity contribution in [2.45, 2.75) is 25.4 Å². The van der Waals surface area contributed by atoms with E-state index in [-0.39, 0.29) is 6.04 Å². The maximum atomic E-state index is 11.6. The van der Waals surface area contributed by atoms with E-state index < -0.39 is 6.09 Å². The summed E-state index contributed by atoms with van der Waals surface area (Å²) in [6, 6.07) is 17.5. The zero-order valence-electron chi connectivity index (χ0n) is 21.2. The van der Waals surface area contributed by atoms with Crippen LogP contribution in [0.2, 0.25) is 0 Å². The van der Waals surface area contributed by atoms with Gasteiger partial charge in [-0.25, -0.2) is 9.78 Å². The predicted molar refractivity (Wildman–Crippen MR) is 144 cm³/mol. The highest BCUT2D eigenvalue weighted by Crippen LogP contribution is 2.29. The number of carbonyl (C=O) groups is 1. The number of imidazole rings is 1. The largest absolute Gasteiger partial charge is 0.491 e. The standard InChI is InChI=1S/C27H31N7O4/c1-37-14-15-38-22-11-9-20(10-12-22)30-26-31-24(28-16-19-6-3-2-4-7-19)23-25(32-26)34(18-29-23)21-8-5-13-33(17-21)27(35)36/h2-4,6-7,9-12,18,21H,5,8,13-17H2,1H3,(H,35,36)(H2,28,30,31,32). The van der Waals surface area contributed by atoms with Gasteiger partial charge in [0.25, 0.3) is 0 Å². The zero-order valence-corrected chi connectivity index (χ0v) is 21.2. The summed E-state index contributed by atoms with van der Waals surface area (Å²) in [7, 11) is 1.64. The summed E-state index contributed by atoms with van der Waals surface area (Å²) in [4.78, 5) is 27.2. The Balaban J connectivity index is 1.43. The number of likely N-dealkylation sites (tertiary alicyclic amines) is 1. The van der Waals surface area contributed by atoms with E-state index in [2.05, 4.69) is 15.6 Å². The molecule has 0 radical (unpaired) electrons. The first kappa shape index (κ1) is 25.3. The number of aromatic nitrogens is 4. The Hall–Kier alpha value is -4.38. The van der Waals surface area contributed by atoms with Gasteiger partial charge in [-0.3, -0.25) is 0 Å². The van der Waals surface area contributed by atoms with Crippen molar-refractivity contribution in [3.63, 3.8) is 0 Å². The average molecular weight is 518 g/mol. The first-order valence-electron chi connectivity index (χ1n) is 12.6.